The van der Waals surface area contributed by atoms with Crippen LogP contribution in [0.5, 0.6) is 5.75 Å². The monoisotopic (exact) mass is 372 g/mol. The SMILES string of the molecule is COC(=O)CC(c1ccncc1)c1oc(CN2CCCCC2)cc(=O)c1O. The van der Waals surface area contributed by atoms with Crippen molar-refractivity contribution in [2.75, 3.05) is 20.2 Å². The van der Waals surface area contributed by atoms with Crippen molar-refractivity contribution in [3.05, 3.63) is 57.9 Å². The van der Waals surface area contributed by atoms with Crippen LogP contribution in [0.1, 0.15) is 48.7 Å². The highest BCUT2D eigenvalue weighted by Crippen LogP contribution is 2.33. The van der Waals surface area contributed by atoms with Gasteiger partial charge in [-0.3, -0.25) is 19.5 Å². The van der Waals surface area contributed by atoms with Gasteiger partial charge in [0.25, 0.3) is 0 Å². The third-order valence-corrected chi connectivity index (χ3v) is 4.85. The maximum Gasteiger partial charge on any atom is 0.306 e. The molecule has 1 aliphatic rings. The molecule has 1 aliphatic heterocycles. The van der Waals surface area contributed by atoms with Gasteiger partial charge >= 0.3 is 5.97 Å². The summed E-state index contributed by atoms with van der Waals surface area (Å²) in [5.41, 5.74) is 0.205. The highest BCUT2D eigenvalue weighted by Gasteiger charge is 2.27. The fourth-order valence-electron chi connectivity index (χ4n) is 3.41. The average Bonchev–Trinajstić information content (AvgIpc) is 2.70. The first-order valence-electron chi connectivity index (χ1n) is 9.13. The maximum absolute atomic E-state index is 12.3. The minimum atomic E-state index is -0.630. The number of carbonyl (C=O) groups is 1. The third-order valence-electron chi connectivity index (χ3n) is 4.85. The lowest BCUT2D eigenvalue weighted by Crippen LogP contribution is -2.29. The molecule has 0 aromatic carbocycles. The van der Waals surface area contributed by atoms with Crippen molar-refractivity contribution < 1.29 is 19.1 Å². The van der Waals surface area contributed by atoms with Crippen LogP contribution >= 0.6 is 0 Å². The van der Waals surface area contributed by atoms with Crippen LogP contribution in [0.2, 0.25) is 0 Å². The molecule has 1 atom stereocenters. The van der Waals surface area contributed by atoms with Gasteiger partial charge in [0, 0.05) is 18.5 Å². The van der Waals surface area contributed by atoms with Crippen molar-refractivity contribution in [3.8, 4) is 5.75 Å². The Balaban J connectivity index is 1.97. The molecule has 3 heterocycles. The summed E-state index contributed by atoms with van der Waals surface area (Å²) in [5.74, 6) is -0.984. The van der Waals surface area contributed by atoms with Crippen molar-refractivity contribution in [3.63, 3.8) is 0 Å². The number of hydrogen-bond donors (Lipinski definition) is 1. The van der Waals surface area contributed by atoms with Crippen LogP contribution < -0.4 is 5.43 Å². The molecule has 0 aliphatic carbocycles. The number of aromatic nitrogens is 1. The van der Waals surface area contributed by atoms with Crippen LogP contribution in [0.15, 0.2) is 39.8 Å². The van der Waals surface area contributed by atoms with Gasteiger partial charge in [0.2, 0.25) is 11.2 Å². The number of rotatable bonds is 6. The molecule has 2 aromatic rings. The first-order chi connectivity index (χ1) is 13.1. The van der Waals surface area contributed by atoms with E-state index in [0.717, 1.165) is 25.9 Å². The zero-order valence-electron chi connectivity index (χ0n) is 15.4. The van der Waals surface area contributed by atoms with Crippen LogP contribution in [0.4, 0.5) is 0 Å². The Labute approximate surface area is 157 Å². The fourth-order valence-corrected chi connectivity index (χ4v) is 3.41. The van der Waals surface area contributed by atoms with Crippen molar-refractivity contribution in [2.24, 2.45) is 0 Å². The molecule has 1 unspecified atom stereocenters. The Morgan fingerprint density at radius 1 is 1.30 bits per heavy atom. The Bertz CT molecular complexity index is 828. The minimum absolute atomic E-state index is 0.0514. The van der Waals surface area contributed by atoms with Crippen molar-refractivity contribution in [1.82, 2.24) is 9.88 Å². The smallest absolute Gasteiger partial charge is 0.306 e. The summed E-state index contributed by atoms with van der Waals surface area (Å²) in [6.07, 6.45) is 6.59. The Hall–Kier alpha value is -2.67. The van der Waals surface area contributed by atoms with Gasteiger partial charge < -0.3 is 14.3 Å². The van der Waals surface area contributed by atoms with E-state index in [-0.39, 0.29) is 12.2 Å². The zero-order chi connectivity index (χ0) is 19.2. The molecule has 7 nitrogen and oxygen atoms in total. The summed E-state index contributed by atoms with van der Waals surface area (Å²) in [7, 11) is 1.30. The number of likely N-dealkylation sites (tertiary alicyclic amines) is 1. The number of methoxy groups -OCH3 is 1. The highest BCUT2D eigenvalue weighted by molar-refractivity contribution is 5.71. The molecule has 3 rings (SSSR count). The second kappa shape index (κ2) is 8.81. The van der Waals surface area contributed by atoms with Gasteiger partial charge in [-0.1, -0.05) is 6.42 Å². The first-order valence-corrected chi connectivity index (χ1v) is 9.13. The number of ether oxygens (including phenoxy) is 1. The van der Waals surface area contributed by atoms with Gasteiger partial charge in [-0.05, 0) is 43.6 Å². The van der Waals surface area contributed by atoms with Crippen LogP contribution in [0.25, 0.3) is 0 Å². The van der Waals surface area contributed by atoms with Crippen LogP contribution in [0, 0.1) is 0 Å². The molecule has 1 fully saturated rings. The summed E-state index contributed by atoms with van der Waals surface area (Å²) in [6, 6.07) is 4.78. The van der Waals surface area contributed by atoms with Crippen molar-refractivity contribution in [2.45, 2.75) is 38.1 Å². The predicted octanol–water partition coefficient (Wildman–Crippen LogP) is 2.42. The summed E-state index contributed by atoms with van der Waals surface area (Å²) >= 11 is 0. The molecular weight excluding hydrogens is 348 g/mol. The Kier molecular flexibility index (Phi) is 6.24. The second-order valence-electron chi connectivity index (χ2n) is 6.74. The van der Waals surface area contributed by atoms with E-state index in [2.05, 4.69) is 9.88 Å². The van der Waals surface area contributed by atoms with Crippen molar-refractivity contribution in [1.29, 1.82) is 0 Å². The van der Waals surface area contributed by atoms with E-state index in [1.807, 2.05) is 0 Å². The lowest BCUT2D eigenvalue weighted by molar-refractivity contribution is -0.140. The summed E-state index contributed by atoms with van der Waals surface area (Å²) in [4.78, 5) is 30.5. The number of aromatic hydroxyl groups is 1. The van der Waals surface area contributed by atoms with E-state index in [0.29, 0.717) is 17.9 Å². The quantitative estimate of drug-likeness (QED) is 0.778. The Morgan fingerprint density at radius 2 is 2.00 bits per heavy atom. The number of piperidine rings is 1. The summed E-state index contributed by atoms with van der Waals surface area (Å²) in [6.45, 7) is 2.41. The number of esters is 1. The number of nitrogens with zero attached hydrogens (tertiary/aromatic N) is 2. The van der Waals surface area contributed by atoms with E-state index in [1.54, 1.807) is 24.5 Å². The molecule has 0 amide bonds. The molecule has 0 radical (unpaired) electrons. The number of hydrogen-bond acceptors (Lipinski definition) is 7. The first kappa shape index (κ1) is 19.1. The molecular formula is C20H24N2O5. The predicted molar refractivity (Wildman–Crippen MR) is 98.5 cm³/mol. The molecule has 0 bridgehead atoms. The van der Waals surface area contributed by atoms with E-state index in [9.17, 15) is 14.7 Å². The topological polar surface area (TPSA) is 92.9 Å². The van der Waals surface area contributed by atoms with Gasteiger partial charge in [0.1, 0.15) is 5.76 Å². The molecule has 7 heteroatoms. The van der Waals surface area contributed by atoms with Gasteiger partial charge in [0.05, 0.1) is 26.0 Å². The lowest BCUT2D eigenvalue weighted by Gasteiger charge is -2.26. The standard InChI is InChI=1S/C20H24N2O5/c1-26-18(24)12-16(14-5-7-21-8-6-14)20-19(25)17(23)11-15(27-20)13-22-9-3-2-4-10-22/h5-8,11,16,25H,2-4,9-10,12-13H2,1H3. The van der Waals surface area contributed by atoms with Gasteiger partial charge in [-0.15, -0.1) is 0 Å². The minimum Gasteiger partial charge on any atom is -0.502 e. The van der Waals surface area contributed by atoms with Crippen LogP contribution in [-0.2, 0) is 16.1 Å². The maximum atomic E-state index is 12.3. The summed E-state index contributed by atoms with van der Waals surface area (Å²) in [5, 5.41) is 10.4. The molecule has 144 valence electrons. The largest absolute Gasteiger partial charge is 0.502 e. The molecule has 2 aromatic heterocycles. The molecule has 0 saturated carbocycles. The van der Waals surface area contributed by atoms with Crippen LogP contribution in [-0.4, -0.2) is 41.2 Å². The molecule has 1 N–H and O–H groups in total. The average molecular weight is 372 g/mol. The molecule has 27 heavy (non-hydrogen) atoms. The lowest BCUT2D eigenvalue weighted by atomic mass is 9.93. The van der Waals surface area contributed by atoms with Gasteiger partial charge in [-0.2, -0.15) is 0 Å². The van der Waals surface area contributed by atoms with E-state index >= 15 is 0 Å². The summed E-state index contributed by atoms with van der Waals surface area (Å²) < 4.78 is 10.7. The van der Waals surface area contributed by atoms with E-state index < -0.39 is 23.1 Å². The zero-order valence-corrected chi connectivity index (χ0v) is 15.4. The normalized spacial score (nSPS) is 16.0. The highest BCUT2D eigenvalue weighted by atomic mass is 16.5. The number of carbonyl (C=O) groups excluding carboxylic acids is 1. The van der Waals surface area contributed by atoms with Crippen molar-refractivity contribution >= 4 is 5.97 Å². The van der Waals surface area contributed by atoms with E-state index in [4.69, 9.17) is 9.15 Å². The van der Waals surface area contributed by atoms with Crippen LogP contribution in [0.3, 0.4) is 0 Å². The Morgan fingerprint density at radius 3 is 2.67 bits per heavy atom. The second-order valence-corrected chi connectivity index (χ2v) is 6.74. The fraction of sp³-hybridized carbons (Fsp3) is 0.450. The van der Waals surface area contributed by atoms with E-state index in [1.165, 1.54) is 19.6 Å². The van der Waals surface area contributed by atoms with Gasteiger partial charge in [0.15, 0.2) is 5.76 Å². The van der Waals surface area contributed by atoms with Gasteiger partial charge in [-0.25, -0.2) is 0 Å². The third kappa shape index (κ3) is 4.74. The molecule has 1 saturated heterocycles. The number of pyridine rings is 1. The molecule has 0 spiro atoms.